The van der Waals surface area contributed by atoms with Gasteiger partial charge >= 0.3 is 0 Å². The standard InChI is InChI=1S/C17H21N3O.BrH/c1-3-20-9-8-18-17(20)19-12-13-4-5-15-11-16(21-2)7-6-14(15)10-13;/h4-7,10-11H,3,8-9,12H2,1-2H3,(H,18,19);1H. The molecule has 0 atom stereocenters. The zero-order valence-electron chi connectivity index (χ0n) is 13.0. The van der Waals surface area contributed by atoms with Gasteiger partial charge in [-0.1, -0.05) is 18.2 Å². The number of fused-ring (bicyclic) bond motifs is 1. The fraction of sp³-hybridized carbons (Fsp3) is 0.353. The molecule has 4 nitrogen and oxygen atoms in total. The number of nitrogens with zero attached hydrogens (tertiary/aromatic N) is 2. The van der Waals surface area contributed by atoms with Gasteiger partial charge < -0.3 is 15.0 Å². The van der Waals surface area contributed by atoms with Crippen LogP contribution in [0.5, 0.6) is 5.75 Å². The minimum absolute atomic E-state index is 0. The van der Waals surface area contributed by atoms with Gasteiger partial charge in [0.05, 0.1) is 13.7 Å². The Balaban J connectivity index is 0.00000176. The van der Waals surface area contributed by atoms with Crippen LogP contribution in [-0.4, -0.2) is 37.6 Å². The third-order valence-corrected chi connectivity index (χ3v) is 3.88. The third-order valence-electron chi connectivity index (χ3n) is 3.88. The van der Waals surface area contributed by atoms with Crippen LogP contribution in [0.4, 0.5) is 0 Å². The number of hydrogen-bond donors (Lipinski definition) is 1. The predicted molar refractivity (Wildman–Crippen MR) is 97.2 cm³/mol. The van der Waals surface area contributed by atoms with E-state index in [1.807, 2.05) is 6.07 Å². The summed E-state index contributed by atoms with van der Waals surface area (Å²) in [5.74, 6) is 1.92. The van der Waals surface area contributed by atoms with E-state index in [9.17, 15) is 0 Å². The second-order valence-corrected chi connectivity index (χ2v) is 5.19. The van der Waals surface area contributed by atoms with Crippen LogP contribution < -0.4 is 10.1 Å². The minimum atomic E-state index is 0. The second-order valence-electron chi connectivity index (χ2n) is 5.19. The predicted octanol–water partition coefficient (Wildman–Crippen LogP) is 3.21. The van der Waals surface area contributed by atoms with Crippen molar-refractivity contribution in [1.82, 2.24) is 10.2 Å². The molecule has 1 N–H and O–H groups in total. The van der Waals surface area contributed by atoms with Crippen LogP contribution in [0.25, 0.3) is 10.8 Å². The molecule has 0 amide bonds. The van der Waals surface area contributed by atoms with Gasteiger partial charge in [0, 0.05) is 19.6 Å². The van der Waals surface area contributed by atoms with Crippen LogP contribution in [0.15, 0.2) is 41.4 Å². The van der Waals surface area contributed by atoms with Gasteiger partial charge in [0.15, 0.2) is 5.96 Å². The lowest BCUT2D eigenvalue weighted by Gasteiger charge is -2.19. The number of ether oxygens (including phenoxy) is 1. The number of rotatable bonds is 4. The summed E-state index contributed by atoms with van der Waals surface area (Å²) in [5.41, 5.74) is 1.26. The maximum atomic E-state index is 5.26. The maximum Gasteiger partial charge on any atom is 0.194 e. The van der Waals surface area contributed by atoms with Crippen molar-refractivity contribution in [3.8, 4) is 5.75 Å². The first kappa shape index (κ1) is 16.6. The molecule has 118 valence electrons. The van der Waals surface area contributed by atoms with Crippen LogP contribution >= 0.6 is 17.0 Å². The fourth-order valence-corrected chi connectivity index (χ4v) is 2.65. The van der Waals surface area contributed by atoms with Crippen molar-refractivity contribution in [3.63, 3.8) is 0 Å². The normalized spacial score (nSPS) is 13.7. The number of hydrogen-bond acceptors (Lipinski definition) is 4. The number of likely N-dealkylation sites (N-methyl/N-ethyl adjacent to an activating group) is 1. The van der Waals surface area contributed by atoms with Crippen molar-refractivity contribution < 1.29 is 4.74 Å². The van der Waals surface area contributed by atoms with Crippen molar-refractivity contribution >= 4 is 33.7 Å². The van der Waals surface area contributed by atoms with E-state index in [0.717, 1.165) is 37.9 Å². The quantitative estimate of drug-likeness (QED) is 0.905. The maximum absolute atomic E-state index is 5.26. The van der Waals surface area contributed by atoms with Gasteiger partial charge in [-0.05, 0) is 41.5 Å². The molecule has 2 aromatic carbocycles. The van der Waals surface area contributed by atoms with E-state index in [1.54, 1.807) is 7.11 Å². The Hall–Kier alpha value is -1.75. The molecule has 5 heteroatoms. The Bertz CT molecular complexity index is 672. The Morgan fingerprint density at radius 3 is 2.73 bits per heavy atom. The van der Waals surface area contributed by atoms with Gasteiger partial charge in [-0.2, -0.15) is 0 Å². The monoisotopic (exact) mass is 363 g/mol. The highest BCUT2D eigenvalue weighted by Gasteiger charge is 2.13. The molecule has 0 radical (unpaired) electrons. The van der Waals surface area contributed by atoms with E-state index in [0.29, 0.717) is 0 Å². The molecule has 1 heterocycles. The first-order valence-corrected chi connectivity index (χ1v) is 7.40. The van der Waals surface area contributed by atoms with E-state index >= 15 is 0 Å². The molecule has 0 fully saturated rings. The molecule has 0 saturated heterocycles. The lowest BCUT2D eigenvalue weighted by atomic mass is 10.1. The summed E-state index contributed by atoms with van der Waals surface area (Å²) in [7, 11) is 1.70. The van der Waals surface area contributed by atoms with Gasteiger partial charge in [0.1, 0.15) is 5.75 Å². The van der Waals surface area contributed by atoms with Crippen molar-refractivity contribution in [3.05, 3.63) is 42.0 Å². The summed E-state index contributed by atoms with van der Waals surface area (Å²) < 4.78 is 5.26. The number of guanidine groups is 1. The molecule has 0 saturated carbocycles. The summed E-state index contributed by atoms with van der Waals surface area (Å²) in [6.45, 7) is 5.89. The van der Waals surface area contributed by atoms with E-state index in [1.165, 1.54) is 16.3 Å². The van der Waals surface area contributed by atoms with Crippen LogP contribution in [0, 0.1) is 0 Å². The molecule has 22 heavy (non-hydrogen) atoms. The van der Waals surface area contributed by atoms with E-state index in [2.05, 4.69) is 52.5 Å². The highest BCUT2D eigenvalue weighted by molar-refractivity contribution is 8.93. The summed E-state index contributed by atoms with van der Waals surface area (Å²) in [4.78, 5) is 6.77. The van der Waals surface area contributed by atoms with Crippen molar-refractivity contribution in [2.45, 2.75) is 13.5 Å². The first-order valence-electron chi connectivity index (χ1n) is 7.40. The smallest absolute Gasteiger partial charge is 0.194 e. The molecule has 2 aromatic rings. The van der Waals surface area contributed by atoms with Gasteiger partial charge in [-0.25, -0.2) is 0 Å². The van der Waals surface area contributed by atoms with E-state index < -0.39 is 0 Å². The molecule has 1 aliphatic heterocycles. The topological polar surface area (TPSA) is 36.9 Å². The molecule has 3 rings (SSSR count). The van der Waals surface area contributed by atoms with Crippen LogP contribution in [0.2, 0.25) is 0 Å². The van der Waals surface area contributed by atoms with Gasteiger partial charge in [-0.15, -0.1) is 17.0 Å². The average molecular weight is 364 g/mol. The van der Waals surface area contributed by atoms with Crippen molar-refractivity contribution in [2.24, 2.45) is 4.99 Å². The number of aliphatic imine (C=N–C) groups is 1. The van der Waals surface area contributed by atoms with E-state index in [-0.39, 0.29) is 17.0 Å². The second kappa shape index (κ2) is 7.49. The highest BCUT2D eigenvalue weighted by atomic mass is 79.9. The van der Waals surface area contributed by atoms with Crippen LogP contribution in [0.3, 0.4) is 0 Å². The van der Waals surface area contributed by atoms with E-state index in [4.69, 9.17) is 4.74 Å². The molecule has 0 aromatic heterocycles. The molecule has 0 aliphatic carbocycles. The molecule has 1 aliphatic rings. The molecular formula is C17H22BrN3O. The van der Waals surface area contributed by atoms with Crippen molar-refractivity contribution in [1.29, 1.82) is 0 Å². The number of methoxy groups -OCH3 is 1. The molecule has 0 unspecified atom stereocenters. The number of halogens is 1. The van der Waals surface area contributed by atoms with Crippen molar-refractivity contribution in [2.75, 3.05) is 26.7 Å². The lowest BCUT2D eigenvalue weighted by Crippen LogP contribution is -2.37. The van der Waals surface area contributed by atoms with Gasteiger partial charge in [0.25, 0.3) is 0 Å². The Morgan fingerprint density at radius 1 is 1.18 bits per heavy atom. The van der Waals surface area contributed by atoms with Gasteiger partial charge in [0.2, 0.25) is 0 Å². The number of nitrogens with one attached hydrogen (secondary N) is 1. The number of benzene rings is 2. The Kier molecular flexibility index (Phi) is 5.66. The SMILES string of the molecule is Br.CCN1CCN=C1NCc1ccc2cc(OC)ccc2c1. The highest BCUT2D eigenvalue weighted by Crippen LogP contribution is 2.21. The molecular weight excluding hydrogens is 342 g/mol. The van der Waals surface area contributed by atoms with Crippen LogP contribution in [-0.2, 0) is 6.54 Å². The minimum Gasteiger partial charge on any atom is -0.497 e. The zero-order valence-corrected chi connectivity index (χ0v) is 14.7. The Morgan fingerprint density at radius 2 is 1.95 bits per heavy atom. The molecule has 0 bridgehead atoms. The van der Waals surface area contributed by atoms with Crippen LogP contribution in [0.1, 0.15) is 12.5 Å². The summed E-state index contributed by atoms with van der Waals surface area (Å²) in [6.07, 6.45) is 0. The Labute approximate surface area is 141 Å². The molecule has 0 spiro atoms. The zero-order chi connectivity index (χ0) is 14.7. The third kappa shape index (κ3) is 3.53. The summed E-state index contributed by atoms with van der Waals surface area (Å²) in [5, 5.41) is 5.87. The summed E-state index contributed by atoms with van der Waals surface area (Å²) >= 11 is 0. The summed E-state index contributed by atoms with van der Waals surface area (Å²) in [6, 6.07) is 12.7. The first-order chi connectivity index (χ1) is 10.3. The van der Waals surface area contributed by atoms with Gasteiger partial charge in [-0.3, -0.25) is 4.99 Å². The fourth-order valence-electron chi connectivity index (χ4n) is 2.65. The average Bonchev–Trinajstić information content (AvgIpc) is 2.99. The largest absolute Gasteiger partial charge is 0.497 e. The lowest BCUT2D eigenvalue weighted by molar-refractivity contribution is 0.415.